The second-order valence-corrected chi connectivity index (χ2v) is 15.4. The molecule has 0 radical (unpaired) electrons. The summed E-state index contributed by atoms with van der Waals surface area (Å²) in [5, 5.41) is 5.26. The van der Waals surface area contributed by atoms with Gasteiger partial charge in [-0.3, -0.25) is 4.79 Å². The number of benzene rings is 7. The second kappa shape index (κ2) is 15.1. The fourth-order valence-corrected chi connectivity index (χ4v) is 9.54. The van der Waals surface area contributed by atoms with Crippen LogP contribution in [0.25, 0.3) is 39.1 Å². The van der Waals surface area contributed by atoms with E-state index in [1.54, 1.807) is 14.2 Å². The van der Waals surface area contributed by atoms with Crippen molar-refractivity contribution in [3.05, 3.63) is 185 Å². The molecule has 0 spiro atoms. The van der Waals surface area contributed by atoms with Crippen LogP contribution in [0.3, 0.4) is 0 Å². The van der Waals surface area contributed by atoms with Gasteiger partial charge in [0.05, 0.1) is 14.2 Å². The first kappa shape index (κ1) is 37.0. The molecule has 7 aromatic carbocycles. The van der Waals surface area contributed by atoms with Gasteiger partial charge in [-0.15, -0.1) is 0 Å². The first-order chi connectivity index (χ1) is 28.4. The van der Waals surface area contributed by atoms with Gasteiger partial charge in [-0.2, -0.15) is 0 Å². The van der Waals surface area contributed by atoms with Crippen LogP contribution in [0.5, 0.6) is 17.2 Å². The van der Waals surface area contributed by atoms with Crippen molar-refractivity contribution in [3.8, 4) is 39.5 Å². The van der Waals surface area contributed by atoms with Gasteiger partial charge < -0.3 is 19.5 Å². The number of amides is 1. The van der Waals surface area contributed by atoms with Gasteiger partial charge in [0.1, 0.15) is 17.2 Å². The van der Waals surface area contributed by atoms with E-state index in [9.17, 15) is 4.79 Å². The van der Waals surface area contributed by atoms with Crippen molar-refractivity contribution in [2.75, 3.05) is 19.5 Å². The number of anilines is 1. The Labute approximate surface area is 340 Å². The average Bonchev–Trinajstić information content (AvgIpc) is 3.56. The Balaban J connectivity index is 1.33. The maximum atomic E-state index is 13.6. The van der Waals surface area contributed by atoms with Crippen LogP contribution in [0.1, 0.15) is 77.7 Å². The van der Waals surface area contributed by atoms with Crippen molar-refractivity contribution >= 4 is 28.4 Å². The lowest BCUT2D eigenvalue weighted by molar-refractivity contribution is 0.102. The van der Waals surface area contributed by atoms with E-state index in [1.165, 1.54) is 33.4 Å². The lowest BCUT2D eigenvalue weighted by atomic mass is 9.69. The molecule has 5 nitrogen and oxygen atoms in total. The Hall–Kier alpha value is -6.59. The molecule has 0 aromatic heterocycles. The van der Waals surface area contributed by atoms with Crippen LogP contribution < -0.4 is 19.5 Å². The summed E-state index contributed by atoms with van der Waals surface area (Å²) >= 11 is 0. The van der Waals surface area contributed by atoms with Gasteiger partial charge in [0.15, 0.2) is 5.60 Å². The summed E-state index contributed by atoms with van der Waals surface area (Å²) in [4.78, 5) is 13.6. The average molecular weight is 762 g/mol. The first-order valence-electron chi connectivity index (χ1n) is 20.3. The van der Waals surface area contributed by atoms with Gasteiger partial charge in [0.25, 0.3) is 5.91 Å². The largest absolute Gasteiger partial charge is 0.497 e. The summed E-state index contributed by atoms with van der Waals surface area (Å²) in [6.07, 6.45) is 8.55. The van der Waals surface area contributed by atoms with Crippen molar-refractivity contribution < 1.29 is 19.0 Å². The number of fused-ring (bicyclic) bond motifs is 8. The molecule has 9 rings (SSSR count). The minimum Gasteiger partial charge on any atom is -0.497 e. The molecule has 58 heavy (non-hydrogen) atoms. The predicted octanol–water partition coefficient (Wildman–Crippen LogP) is 13.0. The summed E-state index contributed by atoms with van der Waals surface area (Å²) < 4.78 is 18.8. The topological polar surface area (TPSA) is 56.8 Å². The molecule has 1 aliphatic carbocycles. The molecule has 2 aliphatic rings. The van der Waals surface area contributed by atoms with E-state index >= 15 is 0 Å². The number of hydrogen-bond donors (Lipinski definition) is 1. The van der Waals surface area contributed by atoms with E-state index < -0.39 is 5.60 Å². The molecular weight excluding hydrogens is 715 g/mol. The number of methoxy groups -OCH3 is 2. The molecule has 0 bridgehead atoms. The van der Waals surface area contributed by atoms with Crippen molar-refractivity contribution in [2.24, 2.45) is 0 Å². The van der Waals surface area contributed by atoms with Gasteiger partial charge in [-0.1, -0.05) is 118 Å². The highest BCUT2D eigenvalue weighted by molar-refractivity contribution is 6.11. The number of ether oxygens (including phenoxy) is 3. The van der Waals surface area contributed by atoms with Crippen LogP contribution in [0.15, 0.2) is 152 Å². The lowest BCUT2D eigenvalue weighted by Crippen LogP contribution is -2.35. The Kier molecular flexibility index (Phi) is 9.61. The third-order valence-electron chi connectivity index (χ3n) is 12.1. The Morgan fingerprint density at radius 1 is 0.655 bits per heavy atom. The molecular formula is C53H47NO4. The Morgan fingerprint density at radius 2 is 1.28 bits per heavy atom. The summed E-state index contributed by atoms with van der Waals surface area (Å²) in [5.41, 5.74) is 10.7. The van der Waals surface area contributed by atoms with Gasteiger partial charge >= 0.3 is 0 Å². The SMILES string of the molecule is CCCC1(CCC)c2cc(-c3ccccc3)ccc2-c2c1c1c(c3ccc(NC(=O)c4ccccc4)cc23)OC(c2ccc(OC)cc2)(c2ccc(OC)cc2)C=C1. The smallest absolute Gasteiger partial charge is 0.255 e. The molecule has 0 fully saturated rings. The third-order valence-corrected chi connectivity index (χ3v) is 12.1. The van der Waals surface area contributed by atoms with E-state index in [0.29, 0.717) is 5.56 Å². The van der Waals surface area contributed by atoms with Crippen LogP contribution in [0.4, 0.5) is 5.69 Å². The van der Waals surface area contributed by atoms with E-state index in [1.807, 2.05) is 60.7 Å². The standard InChI is InChI=1S/C53H47NO4/c1-5-30-52(31-6-2)47-33-37(35-13-9-7-10-14-35)17-27-44(47)48-46-34-40(54-51(55)36-15-11-8-12-16-36)22-28-43(46)50-45(49(48)52)29-32-53(58-50,38-18-23-41(56-3)24-19-38)39-20-25-42(57-4)26-21-39/h7-29,32-34H,5-6,30-31H2,1-4H3,(H,54,55). The third kappa shape index (κ3) is 6.04. The maximum absolute atomic E-state index is 13.6. The van der Waals surface area contributed by atoms with Gasteiger partial charge in [0, 0.05) is 38.7 Å². The molecule has 0 unspecified atom stereocenters. The zero-order valence-electron chi connectivity index (χ0n) is 33.5. The molecule has 5 heteroatoms. The van der Waals surface area contributed by atoms with Gasteiger partial charge in [0.2, 0.25) is 0 Å². The number of carbonyl (C=O) groups excluding carboxylic acids is 1. The van der Waals surface area contributed by atoms with Crippen molar-refractivity contribution in [1.29, 1.82) is 0 Å². The van der Waals surface area contributed by atoms with Crippen molar-refractivity contribution in [1.82, 2.24) is 0 Å². The molecule has 0 atom stereocenters. The second-order valence-electron chi connectivity index (χ2n) is 15.4. The Bertz CT molecular complexity index is 2610. The zero-order valence-corrected chi connectivity index (χ0v) is 33.5. The minimum absolute atomic E-state index is 0.147. The normalized spacial score (nSPS) is 14.2. The first-order valence-corrected chi connectivity index (χ1v) is 20.3. The highest BCUT2D eigenvalue weighted by atomic mass is 16.5. The van der Waals surface area contributed by atoms with Gasteiger partial charge in [-0.05, 0) is 118 Å². The molecule has 288 valence electrons. The summed E-state index contributed by atoms with van der Waals surface area (Å²) in [7, 11) is 3.37. The fraction of sp³-hybridized carbons (Fsp3) is 0.189. The van der Waals surface area contributed by atoms with Crippen molar-refractivity contribution in [2.45, 2.75) is 50.5 Å². The summed E-state index contributed by atoms with van der Waals surface area (Å²) in [6, 6.07) is 49.7. The molecule has 1 amide bonds. The van der Waals surface area contributed by atoms with E-state index in [4.69, 9.17) is 14.2 Å². The van der Waals surface area contributed by atoms with Crippen LogP contribution >= 0.6 is 0 Å². The number of nitrogens with one attached hydrogen (secondary N) is 1. The van der Waals surface area contributed by atoms with Crippen LogP contribution in [0, 0.1) is 0 Å². The van der Waals surface area contributed by atoms with Crippen LogP contribution in [-0.2, 0) is 11.0 Å². The quantitative estimate of drug-likeness (QED) is 0.143. The summed E-state index contributed by atoms with van der Waals surface area (Å²) in [6.45, 7) is 4.59. The molecule has 1 N–H and O–H groups in total. The van der Waals surface area contributed by atoms with E-state index in [0.717, 1.165) is 76.1 Å². The number of hydrogen-bond acceptors (Lipinski definition) is 4. The highest BCUT2D eigenvalue weighted by Crippen LogP contribution is 2.61. The highest BCUT2D eigenvalue weighted by Gasteiger charge is 2.48. The molecule has 0 saturated heterocycles. The van der Waals surface area contributed by atoms with Crippen LogP contribution in [-0.4, -0.2) is 20.1 Å². The molecule has 0 saturated carbocycles. The van der Waals surface area contributed by atoms with Crippen molar-refractivity contribution in [3.63, 3.8) is 0 Å². The minimum atomic E-state index is -0.961. The molecule has 7 aromatic rings. The monoisotopic (exact) mass is 761 g/mol. The van der Waals surface area contributed by atoms with E-state index in [-0.39, 0.29) is 11.3 Å². The molecule has 1 aliphatic heterocycles. The maximum Gasteiger partial charge on any atom is 0.255 e. The van der Waals surface area contributed by atoms with E-state index in [2.05, 4.69) is 116 Å². The number of carbonyl (C=O) groups is 1. The summed E-state index contributed by atoms with van der Waals surface area (Å²) in [5.74, 6) is 2.24. The Morgan fingerprint density at radius 3 is 1.88 bits per heavy atom. The van der Waals surface area contributed by atoms with Crippen LogP contribution in [0.2, 0.25) is 0 Å². The fourth-order valence-electron chi connectivity index (χ4n) is 9.54. The number of rotatable bonds is 11. The lowest BCUT2D eigenvalue weighted by Gasteiger charge is -2.40. The zero-order chi connectivity index (χ0) is 39.9. The molecule has 1 heterocycles. The van der Waals surface area contributed by atoms with Gasteiger partial charge in [-0.25, -0.2) is 0 Å². The predicted molar refractivity (Wildman–Crippen MR) is 236 cm³/mol.